The minimum Gasteiger partial charge on any atom is -0.306 e. The van der Waals surface area contributed by atoms with Gasteiger partial charge in [0.25, 0.3) is 0 Å². The lowest BCUT2D eigenvalue weighted by Gasteiger charge is -2.30. The van der Waals surface area contributed by atoms with Crippen molar-refractivity contribution in [2.75, 3.05) is 31.9 Å². The molecule has 0 saturated carbocycles. The van der Waals surface area contributed by atoms with Crippen molar-refractivity contribution in [1.82, 2.24) is 4.90 Å². The standard InChI is InChI=1S/C10H19Cl2N/c1-13-4-2-9(3-5-13)6-10(7-11)8-12/h9-10H,2-8H2,1H3. The Morgan fingerprint density at radius 2 is 1.77 bits per heavy atom. The van der Waals surface area contributed by atoms with Crippen LogP contribution in [0.25, 0.3) is 0 Å². The summed E-state index contributed by atoms with van der Waals surface area (Å²) in [5, 5.41) is 0. The zero-order valence-electron chi connectivity index (χ0n) is 8.31. The van der Waals surface area contributed by atoms with E-state index in [4.69, 9.17) is 23.2 Å². The number of likely N-dealkylation sites (tertiary alicyclic amines) is 1. The van der Waals surface area contributed by atoms with Gasteiger partial charge in [0, 0.05) is 11.8 Å². The van der Waals surface area contributed by atoms with Crippen LogP contribution in [0, 0.1) is 11.8 Å². The molecule has 13 heavy (non-hydrogen) atoms. The maximum absolute atomic E-state index is 5.82. The molecule has 0 unspecified atom stereocenters. The first-order valence-corrected chi connectivity index (χ1v) is 6.13. The third-order valence-corrected chi connectivity index (χ3v) is 3.81. The minimum atomic E-state index is 0.525. The fourth-order valence-electron chi connectivity index (χ4n) is 1.94. The number of rotatable bonds is 4. The average molecular weight is 224 g/mol. The third-order valence-electron chi connectivity index (χ3n) is 2.94. The van der Waals surface area contributed by atoms with E-state index in [-0.39, 0.29) is 0 Å². The highest BCUT2D eigenvalue weighted by atomic mass is 35.5. The minimum absolute atomic E-state index is 0.525. The summed E-state index contributed by atoms with van der Waals surface area (Å²) in [4.78, 5) is 2.40. The highest BCUT2D eigenvalue weighted by molar-refractivity contribution is 6.20. The Kier molecular flexibility index (Phi) is 5.45. The van der Waals surface area contributed by atoms with Crippen molar-refractivity contribution >= 4 is 23.2 Å². The molecule has 1 aliphatic rings. The molecule has 3 heteroatoms. The Bertz CT molecular complexity index is 129. The van der Waals surface area contributed by atoms with Crippen molar-refractivity contribution in [1.29, 1.82) is 0 Å². The van der Waals surface area contributed by atoms with Crippen LogP contribution in [0.15, 0.2) is 0 Å². The second-order valence-electron chi connectivity index (χ2n) is 4.16. The second kappa shape index (κ2) is 6.10. The molecule has 1 fully saturated rings. The molecule has 78 valence electrons. The molecule has 0 aromatic rings. The molecule has 1 heterocycles. The highest BCUT2D eigenvalue weighted by Gasteiger charge is 2.19. The lowest BCUT2D eigenvalue weighted by molar-refractivity contribution is 0.201. The first-order chi connectivity index (χ1) is 6.26. The van der Waals surface area contributed by atoms with Crippen molar-refractivity contribution < 1.29 is 0 Å². The molecular weight excluding hydrogens is 205 g/mol. The lowest BCUT2D eigenvalue weighted by Crippen LogP contribution is -2.31. The van der Waals surface area contributed by atoms with Crippen LogP contribution < -0.4 is 0 Å². The van der Waals surface area contributed by atoms with Crippen LogP contribution in [-0.4, -0.2) is 36.8 Å². The molecule has 1 rings (SSSR count). The van der Waals surface area contributed by atoms with Crippen molar-refractivity contribution in [2.24, 2.45) is 11.8 Å². The molecule has 0 aromatic carbocycles. The Morgan fingerprint density at radius 3 is 2.23 bits per heavy atom. The maximum atomic E-state index is 5.82. The van der Waals surface area contributed by atoms with Gasteiger partial charge in [-0.05, 0) is 51.2 Å². The molecule has 0 aliphatic carbocycles. The van der Waals surface area contributed by atoms with Gasteiger partial charge in [-0.15, -0.1) is 23.2 Å². The van der Waals surface area contributed by atoms with Gasteiger partial charge in [-0.1, -0.05) is 0 Å². The van der Waals surface area contributed by atoms with Crippen LogP contribution >= 0.6 is 23.2 Å². The fraction of sp³-hybridized carbons (Fsp3) is 1.00. The fourth-order valence-corrected chi connectivity index (χ4v) is 2.52. The molecule has 1 aliphatic heterocycles. The van der Waals surface area contributed by atoms with E-state index in [1.54, 1.807) is 0 Å². The van der Waals surface area contributed by atoms with Crippen molar-refractivity contribution in [3.8, 4) is 0 Å². The summed E-state index contributed by atoms with van der Waals surface area (Å²) >= 11 is 11.6. The summed E-state index contributed by atoms with van der Waals surface area (Å²) in [6.45, 7) is 2.48. The van der Waals surface area contributed by atoms with Gasteiger partial charge >= 0.3 is 0 Å². The number of halogens is 2. The normalized spacial score (nSPS) is 21.2. The molecule has 1 nitrogen and oxygen atoms in total. The van der Waals surface area contributed by atoms with Crippen LogP contribution in [0.5, 0.6) is 0 Å². The molecule has 1 saturated heterocycles. The Labute approximate surface area is 91.4 Å². The van der Waals surface area contributed by atoms with Crippen molar-refractivity contribution in [2.45, 2.75) is 19.3 Å². The van der Waals surface area contributed by atoms with E-state index in [1.807, 2.05) is 0 Å². The van der Waals surface area contributed by atoms with Gasteiger partial charge in [0.15, 0.2) is 0 Å². The molecule has 0 bridgehead atoms. The van der Waals surface area contributed by atoms with E-state index in [0.29, 0.717) is 5.92 Å². The summed E-state index contributed by atoms with van der Waals surface area (Å²) < 4.78 is 0. The van der Waals surface area contributed by atoms with Crippen molar-refractivity contribution in [3.05, 3.63) is 0 Å². The Hall–Kier alpha value is 0.540. The molecule has 0 aromatic heterocycles. The quantitative estimate of drug-likeness (QED) is 0.664. The monoisotopic (exact) mass is 223 g/mol. The topological polar surface area (TPSA) is 3.24 Å². The molecule has 0 amide bonds. The van der Waals surface area contributed by atoms with Gasteiger partial charge in [-0.25, -0.2) is 0 Å². The van der Waals surface area contributed by atoms with E-state index in [9.17, 15) is 0 Å². The second-order valence-corrected chi connectivity index (χ2v) is 4.77. The van der Waals surface area contributed by atoms with E-state index in [1.165, 1.54) is 32.4 Å². The predicted molar refractivity (Wildman–Crippen MR) is 59.8 cm³/mol. The van der Waals surface area contributed by atoms with Crippen LogP contribution in [0.1, 0.15) is 19.3 Å². The molecular formula is C10H19Cl2N. The number of hydrogen-bond donors (Lipinski definition) is 0. The van der Waals surface area contributed by atoms with Gasteiger partial charge in [0.1, 0.15) is 0 Å². The molecule has 0 atom stereocenters. The first-order valence-electron chi connectivity index (χ1n) is 5.06. The van der Waals surface area contributed by atoms with Gasteiger partial charge in [0.2, 0.25) is 0 Å². The lowest BCUT2D eigenvalue weighted by atomic mass is 9.89. The van der Waals surface area contributed by atoms with Crippen LogP contribution in [0.4, 0.5) is 0 Å². The molecule has 0 radical (unpaired) electrons. The number of alkyl halides is 2. The van der Waals surface area contributed by atoms with Crippen LogP contribution in [0.3, 0.4) is 0 Å². The Balaban J connectivity index is 2.21. The summed E-state index contributed by atoms with van der Waals surface area (Å²) in [6, 6.07) is 0. The number of hydrogen-bond acceptors (Lipinski definition) is 1. The zero-order valence-corrected chi connectivity index (χ0v) is 9.82. The summed E-state index contributed by atoms with van der Waals surface area (Å²) in [5.41, 5.74) is 0. The van der Waals surface area contributed by atoms with E-state index >= 15 is 0 Å². The van der Waals surface area contributed by atoms with E-state index < -0.39 is 0 Å². The predicted octanol–water partition coefficient (Wildman–Crippen LogP) is 2.81. The number of piperidine rings is 1. The molecule has 0 spiro atoms. The summed E-state index contributed by atoms with van der Waals surface area (Å²) in [7, 11) is 2.19. The van der Waals surface area contributed by atoms with E-state index in [2.05, 4.69) is 11.9 Å². The number of nitrogens with zero attached hydrogens (tertiary/aromatic N) is 1. The van der Waals surface area contributed by atoms with Crippen LogP contribution in [-0.2, 0) is 0 Å². The SMILES string of the molecule is CN1CCC(CC(CCl)CCl)CC1. The average Bonchev–Trinajstić information content (AvgIpc) is 2.17. The van der Waals surface area contributed by atoms with Gasteiger partial charge in [0.05, 0.1) is 0 Å². The largest absolute Gasteiger partial charge is 0.306 e. The van der Waals surface area contributed by atoms with Gasteiger partial charge in [-0.3, -0.25) is 0 Å². The summed E-state index contributed by atoms with van der Waals surface area (Å²) in [6.07, 6.45) is 3.86. The molecule has 0 N–H and O–H groups in total. The third kappa shape index (κ3) is 4.05. The van der Waals surface area contributed by atoms with Gasteiger partial charge < -0.3 is 4.90 Å². The smallest absolute Gasteiger partial charge is 0.0263 e. The zero-order chi connectivity index (χ0) is 9.68. The van der Waals surface area contributed by atoms with Crippen molar-refractivity contribution in [3.63, 3.8) is 0 Å². The van der Waals surface area contributed by atoms with Crippen LogP contribution in [0.2, 0.25) is 0 Å². The van der Waals surface area contributed by atoms with E-state index in [0.717, 1.165) is 17.7 Å². The first kappa shape index (κ1) is 11.6. The maximum Gasteiger partial charge on any atom is 0.0263 e. The summed E-state index contributed by atoms with van der Waals surface area (Å²) in [5.74, 6) is 2.82. The highest BCUT2D eigenvalue weighted by Crippen LogP contribution is 2.24. The van der Waals surface area contributed by atoms with Gasteiger partial charge in [-0.2, -0.15) is 0 Å². The Morgan fingerprint density at radius 1 is 1.23 bits per heavy atom.